The normalized spacial score (nSPS) is 12.8. The molecule has 1 rings (SSSR count). The van der Waals surface area contributed by atoms with Crippen molar-refractivity contribution in [2.75, 3.05) is 26.2 Å². The van der Waals surface area contributed by atoms with E-state index in [1.807, 2.05) is 0 Å². The molecule has 144 valence electrons. The predicted molar refractivity (Wildman–Crippen MR) is 111 cm³/mol. The zero-order valence-electron chi connectivity index (χ0n) is 17.5. The SMILES string of the molecule is CC(C)(C)NCCCCN(CCCNC(C)(C)C)Cc1ccccc1. The first-order valence-corrected chi connectivity index (χ1v) is 9.92. The van der Waals surface area contributed by atoms with E-state index in [9.17, 15) is 0 Å². The van der Waals surface area contributed by atoms with Crippen LogP contribution in [0.4, 0.5) is 0 Å². The lowest BCUT2D eigenvalue weighted by atomic mass is 10.1. The highest BCUT2D eigenvalue weighted by molar-refractivity contribution is 5.14. The summed E-state index contributed by atoms with van der Waals surface area (Å²) < 4.78 is 0. The summed E-state index contributed by atoms with van der Waals surface area (Å²) in [4.78, 5) is 2.61. The molecule has 0 aromatic heterocycles. The fourth-order valence-corrected chi connectivity index (χ4v) is 2.80. The maximum atomic E-state index is 3.60. The van der Waals surface area contributed by atoms with Crippen LogP contribution in [0.2, 0.25) is 0 Å². The van der Waals surface area contributed by atoms with E-state index >= 15 is 0 Å². The second-order valence-corrected chi connectivity index (χ2v) is 9.18. The fourth-order valence-electron chi connectivity index (χ4n) is 2.80. The zero-order chi connectivity index (χ0) is 18.8. The van der Waals surface area contributed by atoms with Crippen molar-refractivity contribution in [2.45, 2.75) is 78.4 Å². The summed E-state index contributed by atoms with van der Waals surface area (Å²) in [6, 6.07) is 10.9. The molecule has 0 amide bonds. The molecule has 0 saturated heterocycles. The van der Waals surface area contributed by atoms with Crippen LogP contribution in [0.5, 0.6) is 0 Å². The maximum Gasteiger partial charge on any atom is 0.0233 e. The monoisotopic (exact) mass is 347 g/mol. The Hall–Kier alpha value is -0.900. The van der Waals surface area contributed by atoms with Crippen molar-refractivity contribution in [3.05, 3.63) is 35.9 Å². The third-order valence-electron chi connectivity index (χ3n) is 4.11. The van der Waals surface area contributed by atoms with Crippen molar-refractivity contribution in [2.24, 2.45) is 0 Å². The topological polar surface area (TPSA) is 27.3 Å². The van der Waals surface area contributed by atoms with Gasteiger partial charge in [0.1, 0.15) is 0 Å². The summed E-state index contributed by atoms with van der Waals surface area (Å²) >= 11 is 0. The quantitative estimate of drug-likeness (QED) is 0.580. The van der Waals surface area contributed by atoms with Gasteiger partial charge in [-0.2, -0.15) is 0 Å². The van der Waals surface area contributed by atoms with Crippen molar-refractivity contribution in [1.82, 2.24) is 15.5 Å². The Balaban J connectivity index is 2.37. The minimum Gasteiger partial charge on any atom is -0.312 e. The number of nitrogens with zero attached hydrogens (tertiary/aromatic N) is 1. The summed E-state index contributed by atoms with van der Waals surface area (Å²) in [7, 11) is 0. The zero-order valence-corrected chi connectivity index (χ0v) is 17.5. The average Bonchev–Trinajstić information content (AvgIpc) is 2.50. The summed E-state index contributed by atoms with van der Waals surface area (Å²) in [6.45, 7) is 19.0. The number of benzene rings is 1. The molecule has 0 atom stereocenters. The van der Waals surface area contributed by atoms with Gasteiger partial charge in [0.2, 0.25) is 0 Å². The molecule has 3 heteroatoms. The summed E-state index contributed by atoms with van der Waals surface area (Å²) in [5.41, 5.74) is 1.85. The first kappa shape index (κ1) is 22.1. The molecule has 1 aromatic rings. The van der Waals surface area contributed by atoms with E-state index in [1.54, 1.807) is 0 Å². The lowest BCUT2D eigenvalue weighted by Gasteiger charge is -2.25. The highest BCUT2D eigenvalue weighted by atomic mass is 15.1. The Morgan fingerprint density at radius 2 is 1.24 bits per heavy atom. The van der Waals surface area contributed by atoms with Crippen LogP contribution in [0.3, 0.4) is 0 Å². The molecule has 3 nitrogen and oxygen atoms in total. The molecule has 0 aliphatic heterocycles. The van der Waals surface area contributed by atoms with Crippen LogP contribution in [0.15, 0.2) is 30.3 Å². The number of hydrogen-bond donors (Lipinski definition) is 2. The molecule has 25 heavy (non-hydrogen) atoms. The van der Waals surface area contributed by atoms with Gasteiger partial charge in [-0.3, -0.25) is 4.90 Å². The maximum absolute atomic E-state index is 3.60. The lowest BCUT2D eigenvalue weighted by molar-refractivity contribution is 0.250. The minimum absolute atomic E-state index is 0.211. The van der Waals surface area contributed by atoms with E-state index in [1.165, 1.54) is 31.4 Å². The smallest absolute Gasteiger partial charge is 0.0233 e. The van der Waals surface area contributed by atoms with E-state index in [2.05, 4.69) is 87.4 Å². The van der Waals surface area contributed by atoms with Crippen molar-refractivity contribution in [3.63, 3.8) is 0 Å². The number of rotatable bonds is 11. The highest BCUT2D eigenvalue weighted by Gasteiger charge is 2.10. The van der Waals surface area contributed by atoms with Gasteiger partial charge in [-0.05, 0) is 92.5 Å². The largest absolute Gasteiger partial charge is 0.312 e. The van der Waals surface area contributed by atoms with E-state index in [0.717, 1.165) is 26.2 Å². The lowest BCUT2D eigenvalue weighted by Crippen LogP contribution is -2.38. The van der Waals surface area contributed by atoms with Gasteiger partial charge in [-0.1, -0.05) is 30.3 Å². The molecule has 0 unspecified atom stereocenters. The van der Waals surface area contributed by atoms with Crippen LogP contribution in [-0.4, -0.2) is 42.2 Å². The molecule has 0 aliphatic carbocycles. The van der Waals surface area contributed by atoms with Gasteiger partial charge in [-0.25, -0.2) is 0 Å². The molecule has 0 aliphatic rings. The molecule has 0 saturated carbocycles. The summed E-state index contributed by atoms with van der Waals surface area (Å²) in [6.07, 6.45) is 3.69. The third-order valence-corrected chi connectivity index (χ3v) is 4.11. The van der Waals surface area contributed by atoms with Crippen LogP contribution in [0, 0.1) is 0 Å². The van der Waals surface area contributed by atoms with Gasteiger partial charge in [0.15, 0.2) is 0 Å². The third kappa shape index (κ3) is 13.0. The predicted octanol–water partition coefficient (Wildman–Crippen LogP) is 4.44. The van der Waals surface area contributed by atoms with Crippen LogP contribution in [-0.2, 0) is 6.54 Å². The Morgan fingerprint density at radius 1 is 0.720 bits per heavy atom. The summed E-state index contributed by atoms with van der Waals surface area (Å²) in [5.74, 6) is 0. The van der Waals surface area contributed by atoms with Crippen molar-refractivity contribution in [1.29, 1.82) is 0 Å². The van der Waals surface area contributed by atoms with Gasteiger partial charge >= 0.3 is 0 Å². The molecule has 0 radical (unpaired) electrons. The molecule has 2 N–H and O–H groups in total. The van der Waals surface area contributed by atoms with Gasteiger partial charge in [0.05, 0.1) is 0 Å². The van der Waals surface area contributed by atoms with Gasteiger partial charge in [0.25, 0.3) is 0 Å². The molecule has 0 bridgehead atoms. The highest BCUT2D eigenvalue weighted by Crippen LogP contribution is 2.08. The van der Waals surface area contributed by atoms with E-state index < -0.39 is 0 Å². The molecule has 0 spiro atoms. The molecule has 0 heterocycles. The molecule has 0 fully saturated rings. The van der Waals surface area contributed by atoms with Crippen molar-refractivity contribution < 1.29 is 0 Å². The second-order valence-electron chi connectivity index (χ2n) is 9.18. The van der Waals surface area contributed by atoms with Crippen LogP contribution < -0.4 is 10.6 Å². The van der Waals surface area contributed by atoms with E-state index in [-0.39, 0.29) is 11.1 Å². The summed E-state index contributed by atoms with van der Waals surface area (Å²) in [5, 5.41) is 7.18. The first-order chi connectivity index (χ1) is 11.7. The molecule has 1 aromatic carbocycles. The Bertz CT molecular complexity index is 443. The Kier molecular flexibility index (Phi) is 9.70. The van der Waals surface area contributed by atoms with E-state index in [4.69, 9.17) is 0 Å². The van der Waals surface area contributed by atoms with Crippen molar-refractivity contribution >= 4 is 0 Å². The van der Waals surface area contributed by atoms with Gasteiger partial charge in [0, 0.05) is 17.6 Å². The van der Waals surface area contributed by atoms with Crippen LogP contribution >= 0.6 is 0 Å². The Morgan fingerprint density at radius 3 is 1.80 bits per heavy atom. The number of unbranched alkanes of at least 4 members (excludes halogenated alkanes) is 1. The fraction of sp³-hybridized carbons (Fsp3) is 0.727. The van der Waals surface area contributed by atoms with Crippen LogP contribution in [0.1, 0.15) is 66.4 Å². The minimum atomic E-state index is 0.211. The Labute approximate surface area is 156 Å². The average molecular weight is 348 g/mol. The number of hydrogen-bond acceptors (Lipinski definition) is 3. The van der Waals surface area contributed by atoms with Gasteiger partial charge in [-0.15, -0.1) is 0 Å². The van der Waals surface area contributed by atoms with Gasteiger partial charge < -0.3 is 10.6 Å². The standard InChI is InChI=1S/C22H41N3/c1-21(2,3)23-15-10-11-17-25(18-12-16-24-22(4,5)6)19-20-13-8-7-9-14-20/h7-9,13-14,23-24H,10-12,15-19H2,1-6H3. The van der Waals surface area contributed by atoms with Crippen LogP contribution in [0.25, 0.3) is 0 Å². The van der Waals surface area contributed by atoms with E-state index in [0.29, 0.717) is 0 Å². The first-order valence-electron chi connectivity index (χ1n) is 9.92. The van der Waals surface area contributed by atoms with Crippen molar-refractivity contribution in [3.8, 4) is 0 Å². The molecular formula is C22H41N3. The second kappa shape index (κ2) is 10.9. The molecular weight excluding hydrogens is 306 g/mol. The number of nitrogens with one attached hydrogen (secondary N) is 2.